The van der Waals surface area contributed by atoms with Gasteiger partial charge in [-0.15, -0.1) is 5.10 Å². The summed E-state index contributed by atoms with van der Waals surface area (Å²) in [7, 11) is 0. The minimum atomic E-state index is -4.24. The number of hydrogen-bond acceptors (Lipinski definition) is 7. The number of nitrogens with one attached hydrogen (secondary N) is 2. The molecule has 162 valence electrons. The van der Waals surface area contributed by atoms with Crippen molar-refractivity contribution in [3.8, 4) is 11.8 Å². The minimum absolute atomic E-state index is 0.109. The van der Waals surface area contributed by atoms with Crippen molar-refractivity contribution in [2.45, 2.75) is 19.1 Å². The number of anilines is 2. The van der Waals surface area contributed by atoms with Gasteiger partial charge < -0.3 is 10.6 Å². The van der Waals surface area contributed by atoms with Crippen LogP contribution in [0.25, 0.3) is 16.9 Å². The Morgan fingerprint density at radius 2 is 1.88 bits per heavy atom. The summed E-state index contributed by atoms with van der Waals surface area (Å²) in [6.07, 6.45) is -2.41. The van der Waals surface area contributed by atoms with Crippen LogP contribution in [-0.2, 0) is 13.0 Å². The average molecular weight is 438 g/mol. The molecule has 2 heterocycles. The molecule has 0 bridgehead atoms. The quantitative estimate of drug-likeness (QED) is 0.454. The van der Waals surface area contributed by atoms with Gasteiger partial charge in [-0.05, 0) is 35.4 Å². The van der Waals surface area contributed by atoms with Gasteiger partial charge in [0.25, 0.3) is 0 Å². The van der Waals surface area contributed by atoms with Gasteiger partial charge in [-0.1, -0.05) is 29.5 Å². The molecule has 0 spiro atoms. The van der Waals surface area contributed by atoms with Crippen LogP contribution < -0.4 is 10.6 Å². The van der Waals surface area contributed by atoms with Crippen LogP contribution in [-0.4, -0.2) is 37.7 Å². The van der Waals surface area contributed by atoms with E-state index in [0.717, 1.165) is 16.8 Å². The van der Waals surface area contributed by atoms with E-state index >= 15 is 0 Å². The van der Waals surface area contributed by atoms with E-state index in [1.165, 1.54) is 0 Å². The molecule has 0 saturated heterocycles. The number of fused-ring (bicyclic) bond motifs is 1. The van der Waals surface area contributed by atoms with Gasteiger partial charge in [0, 0.05) is 12.2 Å². The van der Waals surface area contributed by atoms with Crippen LogP contribution in [0.3, 0.4) is 0 Å². The Kier molecular flexibility index (Phi) is 5.96. The molecule has 0 aliphatic heterocycles. The summed E-state index contributed by atoms with van der Waals surface area (Å²) in [4.78, 5) is 8.73. The Hall–Kier alpha value is -4.04. The number of hydrogen-bond donors (Lipinski definition) is 2. The second kappa shape index (κ2) is 8.99. The first kappa shape index (κ1) is 21.2. The van der Waals surface area contributed by atoms with Gasteiger partial charge in [0.05, 0.1) is 30.9 Å². The lowest BCUT2D eigenvalue weighted by molar-refractivity contribution is -0.125. The van der Waals surface area contributed by atoms with Gasteiger partial charge in [0.15, 0.2) is 11.2 Å². The fraction of sp³-hybridized carbons (Fsp3) is 0.190. The molecule has 4 aromatic rings. The third kappa shape index (κ3) is 5.16. The summed E-state index contributed by atoms with van der Waals surface area (Å²) in [6.45, 7) is -0.931. The molecule has 8 nitrogen and oxygen atoms in total. The average Bonchev–Trinajstić information content (AvgIpc) is 3.18. The molecule has 0 atom stereocenters. The number of alkyl halides is 3. The summed E-state index contributed by atoms with van der Waals surface area (Å²) in [6, 6.07) is 16.4. The smallest absolute Gasteiger partial charge is 0.324 e. The van der Waals surface area contributed by atoms with Crippen molar-refractivity contribution >= 4 is 22.8 Å². The number of halogens is 3. The summed E-state index contributed by atoms with van der Waals surface area (Å²) in [5.41, 5.74) is 3.97. The molecule has 2 N–H and O–H groups in total. The van der Waals surface area contributed by atoms with E-state index < -0.39 is 12.7 Å². The lowest BCUT2D eigenvalue weighted by Crippen LogP contribution is -2.28. The predicted molar refractivity (Wildman–Crippen MR) is 111 cm³/mol. The van der Waals surface area contributed by atoms with E-state index in [-0.39, 0.29) is 13.0 Å². The van der Waals surface area contributed by atoms with Crippen LogP contribution in [0.2, 0.25) is 0 Å². The standard InChI is InChI=1S/C21H17F3N8/c22-21(23,24)13-26-11-15-4-6-16(7-5-15)28-20-27-12-18-19(29-20)32(31-30-18)17-3-1-2-14(10-17)8-9-25/h1-7,10,12,26H,8,11,13H2,(H,27,28,29). The predicted octanol–water partition coefficient (Wildman–Crippen LogP) is 3.67. The zero-order valence-electron chi connectivity index (χ0n) is 16.6. The van der Waals surface area contributed by atoms with Gasteiger partial charge in [0.1, 0.15) is 0 Å². The highest BCUT2D eigenvalue weighted by Gasteiger charge is 2.26. The number of nitriles is 1. The first-order chi connectivity index (χ1) is 15.4. The second-order valence-corrected chi connectivity index (χ2v) is 6.95. The van der Waals surface area contributed by atoms with Crippen molar-refractivity contribution < 1.29 is 13.2 Å². The Balaban J connectivity index is 1.50. The summed E-state index contributed by atoms with van der Waals surface area (Å²) in [5.74, 6) is 0.317. The van der Waals surface area contributed by atoms with Crippen molar-refractivity contribution in [2.75, 3.05) is 11.9 Å². The van der Waals surface area contributed by atoms with E-state index in [1.807, 2.05) is 24.3 Å². The Morgan fingerprint density at radius 3 is 2.62 bits per heavy atom. The molecule has 2 aromatic heterocycles. The minimum Gasteiger partial charge on any atom is -0.324 e. The van der Waals surface area contributed by atoms with Crippen LogP contribution in [0.15, 0.2) is 54.7 Å². The van der Waals surface area contributed by atoms with E-state index in [4.69, 9.17) is 5.26 Å². The molecule has 0 amide bonds. The van der Waals surface area contributed by atoms with Crippen LogP contribution in [0, 0.1) is 11.3 Å². The summed E-state index contributed by atoms with van der Waals surface area (Å²) < 4.78 is 38.3. The maximum atomic E-state index is 12.2. The highest BCUT2D eigenvalue weighted by atomic mass is 19.4. The van der Waals surface area contributed by atoms with E-state index in [2.05, 4.69) is 37.0 Å². The Morgan fingerprint density at radius 1 is 1.06 bits per heavy atom. The molecule has 0 fully saturated rings. The molecular weight excluding hydrogens is 421 g/mol. The summed E-state index contributed by atoms with van der Waals surface area (Å²) in [5, 5.41) is 22.6. The molecule has 2 aromatic carbocycles. The van der Waals surface area contributed by atoms with Crippen molar-refractivity contribution in [2.24, 2.45) is 0 Å². The normalized spacial score (nSPS) is 11.4. The molecule has 0 aliphatic carbocycles. The Labute approximate surface area is 180 Å². The highest BCUT2D eigenvalue weighted by Crippen LogP contribution is 2.19. The number of aromatic nitrogens is 5. The fourth-order valence-corrected chi connectivity index (χ4v) is 3.04. The SMILES string of the molecule is N#CCc1cccc(-n2nnc3cnc(Nc4ccc(CNCC(F)(F)F)cc4)nc32)c1. The third-order valence-electron chi connectivity index (χ3n) is 4.50. The van der Waals surface area contributed by atoms with Crippen LogP contribution in [0.1, 0.15) is 11.1 Å². The van der Waals surface area contributed by atoms with Crippen LogP contribution in [0.5, 0.6) is 0 Å². The number of benzene rings is 2. The van der Waals surface area contributed by atoms with E-state index in [9.17, 15) is 13.2 Å². The molecule has 0 radical (unpaired) electrons. The van der Waals surface area contributed by atoms with Crippen molar-refractivity contribution in [3.63, 3.8) is 0 Å². The molecule has 32 heavy (non-hydrogen) atoms. The topological polar surface area (TPSA) is 104 Å². The second-order valence-electron chi connectivity index (χ2n) is 6.95. The lowest BCUT2D eigenvalue weighted by atomic mass is 10.1. The zero-order chi connectivity index (χ0) is 22.6. The number of rotatable bonds is 7. The Bertz CT molecular complexity index is 1260. The first-order valence-electron chi connectivity index (χ1n) is 9.59. The van der Waals surface area contributed by atoms with Gasteiger partial charge >= 0.3 is 6.18 Å². The van der Waals surface area contributed by atoms with Gasteiger partial charge in [-0.3, -0.25) is 0 Å². The van der Waals surface area contributed by atoms with E-state index in [1.54, 1.807) is 35.1 Å². The van der Waals surface area contributed by atoms with Crippen molar-refractivity contribution in [1.82, 2.24) is 30.3 Å². The maximum absolute atomic E-state index is 12.2. The van der Waals surface area contributed by atoms with Gasteiger partial charge in [-0.2, -0.15) is 28.1 Å². The maximum Gasteiger partial charge on any atom is 0.401 e. The fourth-order valence-electron chi connectivity index (χ4n) is 3.04. The first-order valence-corrected chi connectivity index (χ1v) is 9.59. The molecule has 0 aliphatic rings. The molecule has 0 saturated carbocycles. The largest absolute Gasteiger partial charge is 0.401 e. The van der Waals surface area contributed by atoms with Crippen molar-refractivity contribution in [3.05, 3.63) is 65.9 Å². The molecule has 11 heteroatoms. The molecular formula is C21H17F3N8. The molecule has 4 rings (SSSR count). The lowest BCUT2D eigenvalue weighted by Gasteiger charge is -2.09. The summed E-state index contributed by atoms with van der Waals surface area (Å²) >= 11 is 0. The van der Waals surface area contributed by atoms with Gasteiger partial charge in [-0.25, -0.2) is 4.98 Å². The van der Waals surface area contributed by atoms with Crippen LogP contribution >= 0.6 is 0 Å². The molecule has 0 unspecified atom stereocenters. The number of nitrogens with zero attached hydrogens (tertiary/aromatic N) is 6. The van der Waals surface area contributed by atoms with E-state index in [0.29, 0.717) is 22.8 Å². The zero-order valence-corrected chi connectivity index (χ0v) is 16.6. The monoisotopic (exact) mass is 438 g/mol. The van der Waals surface area contributed by atoms with Crippen molar-refractivity contribution in [1.29, 1.82) is 5.26 Å². The van der Waals surface area contributed by atoms with Crippen LogP contribution in [0.4, 0.5) is 24.8 Å². The van der Waals surface area contributed by atoms with Gasteiger partial charge in [0.2, 0.25) is 5.95 Å². The highest BCUT2D eigenvalue weighted by molar-refractivity contribution is 5.72. The third-order valence-corrected chi connectivity index (χ3v) is 4.50.